The summed E-state index contributed by atoms with van der Waals surface area (Å²) >= 11 is 0. The molecule has 3 aromatic rings. The number of benzene rings is 2. The molecule has 130 valence electrons. The van der Waals surface area contributed by atoms with Gasteiger partial charge in [0, 0.05) is 20.6 Å². The van der Waals surface area contributed by atoms with Crippen molar-refractivity contribution in [3.8, 4) is 0 Å². The van der Waals surface area contributed by atoms with Crippen molar-refractivity contribution in [1.82, 2.24) is 14.0 Å². The Morgan fingerprint density at radius 1 is 1.08 bits per heavy atom. The maximum absolute atomic E-state index is 12.7. The van der Waals surface area contributed by atoms with E-state index in [1.165, 1.54) is 15.7 Å². The van der Waals surface area contributed by atoms with Crippen molar-refractivity contribution in [2.75, 3.05) is 7.05 Å². The van der Waals surface area contributed by atoms with Crippen LogP contribution in [0.1, 0.15) is 16.7 Å². The van der Waals surface area contributed by atoms with Crippen molar-refractivity contribution in [3.63, 3.8) is 0 Å². The number of carbonyl (C=O) groups excluding carboxylic acids is 1. The van der Waals surface area contributed by atoms with Gasteiger partial charge in [0.15, 0.2) is 0 Å². The summed E-state index contributed by atoms with van der Waals surface area (Å²) in [6.45, 7) is 4.68. The van der Waals surface area contributed by atoms with Gasteiger partial charge in [-0.15, -0.1) is 0 Å². The van der Waals surface area contributed by atoms with Crippen molar-refractivity contribution in [3.05, 3.63) is 69.6 Å². The molecule has 1 heterocycles. The number of aryl methyl sites for hydroxylation is 3. The molecule has 1 aromatic heterocycles. The Morgan fingerprint density at radius 2 is 1.76 bits per heavy atom. The van der Waals surface area contributed by atoms with Gasteiger partial charge < -0.3 is 4.90 Å². The van der Waals surface area contributed by atoms with Gasteiger partial charge in [0.25, 0.3) is 0 Å². The van der Waals surface area contributed by atoms with E-state index in [0.29, 0.717) is 6.54 Å². The summed E-state index contributed by atoms with van der Waals surface area (Å²) in [5.41, 5.74) is 4.93. The lowest BCUT2D eigenvalue weighted by molar-refractivity contribution is -0.131. The fourth-order valence-corrected chi connectivity index (χ4v) is 3.14. The first kappa shape index (κ1) is 17.0. The Hall–Kier alpha value is -2.82. The average molecular weight is 337 g/mol. The van der Waals surface area contributed by atoms with Gasteiger partial charge in [0.1, 0.15) is 6.54 Å². The van der Waals surface area contributed by atoms with Crippen LogP contribution >= 0.6 is 0 Å². The van der Waals surface area contributed by atoms with Crippen LogP contribution in [0.25, 0.3) is 11.0 Å². The van der Waals surface area contributed by atoms with E-state index in [4.69, 9.17) is 0 Å². The number of likely N-dealkylation sites (N-methyl/N-ethyl adjacent to an activating group) is 1. The lowest BCUT2D eigenvalue weighted by Crippen LogP contribution is -2.34. The van der Waals surface area contributed by atoms with Gasteiger partial charge in [-0.3, -0.25) is 13.9 Å². The highest BCUT2D eigenvalue weighted by Gasteiger charge is 2.16. The maximum Gasteiger partial charge on any atom is 0.329 e. The highest BCUT2D eigenvalue weighted by molar-refractivity contribution is 5.80. The lowest BCUT2D eigenvalue weighted by Gasteiger charge is -2.19. The Morgan fingerprint density at radius 3 is 2.44 bits per heavy atom. The number of rotatable bonds is 4. The van der Waals surface area contributed by atoms with E-state index in [1.807, 2.05) is 24.3 Å². The third-order valence-electron chi connectivity index (χ3n) is 4.68. The molecule has 2 aromatic carbocycles. The van der Waals surface area contributed by atoms with Gasteiger partial charge >= 0.3 is 5.69 Å². The Balaban J connectivity index is 1.83. The van der Waals surface area contributed by atoms with Crippen molar-refractivity contribution >= 4 is 16.9 Å². The molecule has 0 saturated carbocycles. The maximum atomic E-state index is 12.7. The highest BCUT2D eigenvalue weighted by atomic mass is 16.2. The summed E-state index contributed by atoms with van der Waals surface area (Å²) in [4.78, 5) is 26.8. The Kier molecular flexibility index (Phi) is 4.49. The molecule has 0 bridgehead atoms. The molecular formula is C20H23N3O2. The minimum Gasteiger partial charge on any atom is -0.340 e. The second kappa shape index (κ2) is 6.59. The number of amides is 1. The molecule has 0 saturated heterocycles. The molecule has 0 N–H and O–H groups in total. The second-order valence-corrected chi connectivity index (χ2v) is 6.60. The molecule has 3 rings (SSSR count). The quantitative estimate of drug-likeness (QED) is 0.735. The zero-order valence-corrected chi connectivity index (χ0v) is 15.1. The summed E-state index contributed by atoms with van der Waals surface area (Å²) in [6.07, 6.45) is 0. The second-order valence-electron chi connectivity index (χ2n) is 6.60. The number of para-hydroxylation sites is 2. The van der Waals surface area contributed by atoms with Crippen molar-refractivity contribution in [1.29, 1.82) is 0 Å². The molecule has 0 aliphatic rings. The largest absolute Gasteiger partial charge is 0.340 e. The number of imidazole rings is 1. The normalized spacial score (nSPS) is 11.0. The number of hydrogen-bond donors (Lipinski definition) is 0. The third-order valence-corrected chi connectivity index (χ3v) is 4.68. The monoisotopic (exact) mass is 337 g/mol. The summed E-state index contributed by atoms with van der Waals surface area (Å²) in [6, 6.07) is 13.7. The van der Waals surface area contributed by atoms with E-state index in [0.717, 1.165) is 16.6 Å². The first-order valence-corrected chi connectivity index (χ1v) is 8.33. The summed E-state index contributed by atoms with van der Waals surface area (Å²) in [7, 11) is 3.50. The van der Waals surface area contributed by atoms with E-state index < -0.39 is 0 Å². The SMILES string of the molecule is Cc1ccc(CN(C)C(=O)Cn2c(=O)n(C)c3ccccc32)c(C)c1. The summed E-state index contributed by atoms with van der Waals surface area (Å²) in [5.74, 6) is -0.0848. The molecule has 0 unspecified atom stereocenters. The van der Waals surface area contributed by atoms with E-state index in [2.05, 4.69) is 32.0 Å². The van der Waals surface area contributed by atoms with Crippen LogP contribution < -0.4 is 5.69 Å². The number of nitrogens with zero attached hydrogens (tertiary/aromatic N) is 3. The van der Waals surface area contributed by atoms with Gasteiger partial charge in [0.2, 0.25) is 5.91 Å². The molecule has 25 heavy (non-hydrogen) atoms. The average Bonchev–Trinajstić information content (AvgIpc) is 2.82. The minimum absolute atomic E-state index is 0.0432. The van der Waals surface area contributed by atoms with E-state index in [-0.39, 0.29) is 18.1 Å². The van der Waals surface area contributed by atoms with E-state index >= 15 is 0 Å². The first-order valence-electron chi connectivity index (χ1n) is 8.33. The predicted molar refractivity (Wildman–Crippen MR) is 99.6 cm³/mol. The van der Waals surface area contributed by atoms with Gasteiger partial charge in [-0.25, -0.2) is 4.79 Å². The number of aromatic nitrogens is 2. The molecular weight excluding hydrogens is 314 g/mol. The molecule has 0 fully saturated rings. The fraction of sp³-hybridized carbons (Fsp3) is 0.300. The van der Waals surface area contributed by atoms with Gasteiger partial charge in [-0.05, 0) is 37.1 Å². The smallest absolute Gasteiger partial charge is 0.329 e. The molecule has 0 radical (unpaired) electrons. The number of carbonyl (C=O) groups is 1. The molecule has 5 nitrogen and oxygen atoms in total. The molecule has 5 heteroatoms. The van der Waals surface area contributed by atoms with E-state index in [9.17, 15) is 9.59 Å². The predicted octanol–water partition coefficient (Wildman–Crippen LogP) is 2.62. The molecule has 0 aliphatic carbocycles. The zero-order valence-electron chi connectivity index (χ0n) is 15.1. The first-order chi connectivity index (χ1) is 11.9. The topological polar surface area (TPSA) is 47.2 Å². The van der Waals surface area contributed by atoms with Gasteiger partial charge in [0.05, 0.1) is 11.0 Å². The minimum atomic E-state index is -0.172. The van der Waals surface area contributed by atoms with Crippen LogP contribution in [0.3, 0.4) is 0 Å². The number of hydrogen-bond acceptors (Lipinski definition) is 2. The fourth-order valence-electron chi connectivity index (χ4n) is 3.14. The third kappa shape index (κ3) is 3.22. The van der Waals surface area contributed by atoms with Gasteiger partial charge in [-0.1, -0.05) is 35.9 Å². The van der Waals surface area contributed by atoms with Gasteiger partial charge in [-0.2, -0.15) is 0 Å². The molecule has 0 spiro atoms. The molecule has 0 atom stereocenters. The lowest BCUT2D eigenvalue weighted by atomic mass is 10.1. The van der Waals surface area contributed by atoms with Crippen LogP contribution in [-0.2, 0) is 24.9 Å². The summed E-state index contributed by atoms with van der Waals surface area (Å²) < 4.78 is 3.11. The van der Waals surface area contributed by atoms with Crippen LogP contribution in [0.4, 0.5) is 0 Å². The molecule has 0 aliphatic heterocycles. The highest BCUT2D eigenvalue weighted by Crippen LogP contribution is 2.14. The number of fused-ring (bicyclic) bond motifs is 1. The van der Waals surface area contributed by atoms with Crippen molar-refractivity contribution < 1.29 is 4.79 Å². The van der Waals surface area contributed by atoms with Crippen LogP contribution in [0, 0.1) is 13.8 Å². The Labute approximate surface area is 147 Å². The van der Waals surface area contributed by atoms with Crippen LogP contribution in [-0.4, -0.2) is 27.0 Å². The van der Waals surface area contributed by atoms with Crippen molar-refractivity contribution in [2.45, 2.75) is 26.9 Å². The van der Waals surface area contributed by atoms with Crippen LogP contribution in [0.2, 0.25) is 0 Å². The zero-order chi connectivity index (χ0) is 18.1. The van der Waals surface area contributed by atoms with Crippen molar-refractivity contribution in [2.24, 2.45) is 7.05 Å². The van der Waals surface area contributed by atoms with Crippen LogP contribution in [0.5, 0.6) is 0 Å². The molecule has 1 amide bonds. The van der Waals surface area contributed by atoms with Crippen LogP contribution in [0.15, 0.2) is 47.3 Å². The Bertz CT molecular complexity index is 998. The summed E-state index contributed by atoms with van der Waals surface area (Å²) in [5, 5.41) is 0. The van der Waals surface area contributed by atoms with E-state index in [1.54, 1.807) is 23.6 Å². The standard InChI is InChI=1S/C20H23N3O2/c1-14-9-10-16(15(2)11-14)12-21(3)19(24)13-23-18-8-6-5-7-17(18)22(4)20(23)25/h5-11H,12-13H2,1-4H3.